The summed E-state index contributed by atoms with van der Waals surface area (Å²) in [7, 11) is 1.08. The molecule has 3 heteroatoms. The lowest BCUT2D eigenvalue weighted by atomic mass is 10.2. The molecule has 0 amide bonds. The standard InChI is InChI=1S/CH3BO2/c2-1(3)4/h2H2,(H,3,4). The highest BCUT2D eigenvalue weighted by molar-refractivity contribution is 6.54. The molecule has 0 fully saturated rings. The molecule has 1 N–H and O–H groups in total. The Morgan fingerprint density at radius 2 is 2.00 bits per heavy atom. The van der Waals surface area contributed by atoms with Crippen molar-refractivity contribution < 1.29 is 9.90 Å². The van der Waals surface area contributed by atoms with Gasteiger partial charge in [-0.3, -0.25) is 4.79 Å². The summed E-state index contributed by atoms with van der Waals surface area (Å²) in [6, 6.07) is 0. The average molecular weight is 57.8 g/mol. The highest BCUT2D eigenvalue weighted by atomic mass is 16.4. The minimum Gasteiger partial charge on any atom is -0.490 e. The molecule has 0 aromatic carbocycles. The van der Waals surface area contributed by atoms with Gasteiger partial charge in [-0.15, -0.1) is 0 Å². The zero-order valence-electron chi connectivity index (χ0n) is 2.36. The molecule has 0 unspecified atom stereocenters. The Labute approximate surface area is 24.8 Å². The lowest BCUT2D eigenvalue weighted by Crippen LogP contribution is -1.83. The minimum absolute atomic E-state index is 0.833. The quantitative estimate of drug-likeness (QED) is 0.374. The third-order valence-corrected chi connectivity index (χ3v) is 0. The molecule has 4 heavy (non-hydrogen) atoms. The van der Waals surface area contributed by atoms with Crippen LogP contribution >= 0.6 is 0 Å². The van der Waals surface area contributed by atoms with Crippen molar-refractivity contribution in [2.24, 2.45) is 0 Å². The largest absolute Gasteiger partial charge is 0.490 e. The van der Waals surface area contributed by atoms with Crippen LogP contribution in [0, 0.1) is 0 Å². The lowest BCUT2D eigenvalue weighted by molar-refractivity contribution is 0.220. The van der Waals surface area contributed by atoms with Crippen molar-refractivity contribution in [3.8, 4) is 0 Å². The number of hydrogen-bond donors (Lipinski definition) is 1. The second kappa shape index (κ2) is 0.929. The summed E-state index contributed by atoms with van der Waals surface area (Å²) in [5.74, 6) is -0.833. The second-order valence-corrected chi connectivity index (χ2v) is 0.519. The Morgan fingerprint density at radius 1 is 2.00 bits per heavy atom. The SMILES string of the molecule is BC(=O)O. The van der Waals surface area contributed by atoms with Crippen LogP contribution in [0.3, 0.4) is 0 Å². The van der Waals surface area contributed by atoms with Gasteiger partial charge in [0.05, 0.1) is 0 Å². The van der Waals surface area contributed by atoms with Gasteiger partial charge >= 0.3 is 0 Å². The molecule has 0 radical (unpaired) electrons. The lowest BCUT2D eigenvalue weighted by Gasteiger charge is -1.59. The molecule has 0 rings (SSSR count). The first-order valence-electron chi connectivity index (χ1n) is 0.928. The van der Waals surface area contributed by atoms with E-state index in [1.54, 1.807) is 0 Å². The number of hydrogen-bond acceptors (Lipinski definition) is 1. The minimum atomic E-state index is -0.833. The van der Waals surface area contributed by atoms with Crippen LogP contribution in [0.2, 0.25) is 0 Å². The van der Waals surface area contributed by atoms with Crippen molar-refractivity contribution in [2.45, 2.75) is 0 Å². The van der Waals surface area contributed by atoms with Crippen LogP contribution in [-0.4, -0.2) is 18.8 Å². The molecule has 2 nitrogen and oxygen atoms in total. The summed E-state index contributed by atoms with van der Waals surface area (Å²) in [6.07, 6.45) is 0. The van der Waals surface area contributed by atoms with Crippen LogP contribution in [0.4, 0.5) is 4.79 Å². The second-order valence-electron chi connectivity index (χ2n) is 0.519. The molecule has 0 aromatic heterocycles. The molecule has 0 saturated heterocycles. The fraction of sp³-hybridized carbons (Fsp3) is 0. The summed E-state index contributed by atoms with van der Waals surface area (Å²) in [5.41, 5.74) is 0. The first-order valence-corrected chi connectivity index (χ1v) is 0.928. The summed E-state index contributed by atoms with van der Waals surface area (Å²) in [5, 5.41) is 7.42. The zero-order chi connectivity index (χ0) is 3.58. The highest BCUT2D eigenvalue weighted by Crippen LogP contribution is 1.41. The Kier molecular flexibility index (Phi) is 0.821. The average Bonchev–Trinajstić information content (AvgIpc) is 0.811. The van der Waals surface area contributed by atoms with Crippen molar-refractivity contribution >= 4 is 13.7 Å². The molecule has 0 spiro atoms. The zero-order valence-corrected chi connectivity index (χ0v) is 2.36. The highest BCUT2D eigenvalue weighted by Gasteiger charge is 1.67. The maximum atomic E-state index is 9.00. The van der Waals surface area contributed by atoms with Gasteiger partial charge in [-0.1, -0.05) is 0 Å². The van der Waals surface area contributed by atoms with Gasteiger partial charge in [-0.2, -0.15) is 0 Å². The van der Waals surface area contributed by atoms with E-state index in [9.17, 15) is 0 Å². The smallest absolute Gasteiger partial charge is 0.242 e. The molecule has 0 aliphatic carbocycles. The van der Waals surface area contributed by atoms with E-state index >= 15 is 0 Å². The fourth-order valence-electron chi connectivity index (χ4n) is 0. The van der Waals surface area contributed by atoms with E-state index in [0.29, 0.717) is 0 Å². The monoisotopic (exact) mass is 58.0 g/mol. The summed E-state index contributed by atoms with van der Waals surface area (Å²) in [4.78, 5) is 9.00. The molecule has 0 heterocycles. The molecular weight excluding hydrogens is 54.8 g/mol. The Morgan fingerprint density at radius 3 is 2.00 bits per heavy atom. The third-order valence-electron chi connectivity index (χ3n) is 0. The molecular formula is CH3BO2. The van der Waals surface area contributed by atoms with Crippen LogP contribution in [0.15, 0.2) is 0 Å². The Hall–Kier alpha value is -0.465. The Balaban J connectivity index is 2.80. The van der Waals surface area contributed by atoms with Gasteiger partial charge in [0.25, 0.3) is 0 Å². The van der Waals surface area contributed by atoms with Gasteiger partial charge in [-0.05, 0) is 0 Å². The van der Waals surface area contributed by atoms with Crippen LogP contribution < -0.4 is 0 Å². The predicted molar refractivity (Wildman–Crippen MR) is 16.6 cm³/mol. The predicted octanol–water partition coefficient (Wildman–Crippen LogP) is -0.702. The maximum absolute atomic E-state index is 9.00. The van der Waals surface area contributed by atoms with E-state index in [-0.39, 0.29) is 0 Å². The van der Waals surface area contributed by atoms with Crippen molar-refractivity contribution in [3.63, 3.8) is 0 Å². The fourth-order valence-corrected chi connectivity index (χ4v) is 0. The van der Waals surface area contributed by atoms with Crippen molar-refractivity contribution in [1.82, 2.24) is 0 Å². The topological polar surface area (TPSA) is 37.3 Å². The van der Waals surface area contributed by atoms with Crippen molar-refractivity contribution in [2.75, 3.05) is 0 Å². The third kappa shape index (κ3) is 2.03. The number of rotatable bonds is 0. The van der Waals surface area contributed by atoms with Crippen LogP contribution in [-0.2, 0) is 0 Å². The Bertz CT molecular complexity index is 29.0. The summed E-state index contributed by atoms with van der Waals surface area (Å²) < 4.78 is 0. The molecule has 0 saturated carbocycles. The van der Waals surface area contributed by atoms with Gasteiger partial charge in [0.1, 0.15) is 0 Å². The van der Waals surface area contributed by atoms with Gasteiger partial charge in [0, 0.05) is 0 Å². The summed E-state index contributed by atoms with van der Waals surface area (Å²) in [6.45, 7) is 0. The summed E-state index contributed by atoms with van der Waals surface area (Å²) >= 11 is 0. The van der Waals surface area contributed by atoms with Crippen LogP contribution in [0.5, 0.6) is 0 Å². The van der Waals surface area contributed by atoms with Gasteiger partial charge < -0.3 is 5.11 Å². The normalized spacial score (nSPS) is 6.00. The molecule has 0 aliphatic heterocycles. The van der Waals surface area contributed by atoms with E-state index in [0.717, 1.165) is 7.85 Å². The van der Waals surface area contributed by atoms with Gasteiger partial charge in [-0.25, -0.2) is 0 Å². The first kappa shape index (κ1) is 3.53. The molecule has 22 valence electrons. The van der Waals surface area contributed by atoms with Crippen molar-refractivity contribution in [1.29, 1.82) is 0 Å². The van der Waals surface area contributed by atoms with Gasteiger partial charge in [0.2, 0.25) is 13.7 Å². The van der Waals surface area contributed by atoms with Gasteiger partial charge in [0.15, 0.2) is 0 Å². The number of carboxylic acid groups (broad SMARTS) is 1. The van der Waals surface area contributed by atoms with E-state index in [1.807, 2.05) is 0 Å². The molecule has 0 atom stereocenters. The molecule has 0 bridgehead atoms. The van der Waals surface area contributed by atoms with E-state index in [4.69, 9.17) is 9.90 Å². The number of carbonyl (C=O) groups is 1. The maximum Gasteiger partial charge on any atom is 0.242 e. The molecule has 0 aliphatic rings. The van der Waals surface area contributed by atoms with Crippen molar-refractivity contribution in [3.05, 3.63) is 0 Å². The van der Waals surface area contributed by atoms with Crippen LogP contribution in [0.25, 0.3) is 0 Å². The van der Waals surface area contributed by atoms with E-state index < -0.39 is 5.87 Å². The van der Waals surface area contributed by atoms with Crippen LogP contribution in [0.1, 0.15) is 0 Å². The molecule has 0 aromatic rings. The van der Waals surface area contributed by atoms with E-state index in [1.165, 1.54) is 0 Å². The first-order chi connectivity index (χ1) is 1.73. The van der Waals surface area contributed by atoms with E-state index in [2.05, 4.69) is 0 Å².